The highest BCUT2D eigenvalue weighted by atomic mass is 32.1. The summed E-state index contributed by atoms with van der Waals surface area (Å²) in [5.74, 6) is 1.07. The zero-order valence-corrected chi connectivity index (χ0v) is 16.7. The standard InChI is InChI=1S/C21H25N5S/c1-24(2)15-17-8-9-20(22-14-17)25-10-12-26(13-11-25)21-23-19(16-27-21)18-6-4-3-5-7-18/h3-9,14,16H,10-13,15H2,1-2H3. The highest BCUT2D eigenvalue weighted by Gasteiger charge is 2.20. The van der Waals surface area contributed by atoms with Crippen LogP contribution in [0.4, 0.5) is 10.9 Å². The van der Waals surface area contributed by atoms with E-state index in [4.69, 9.17) is 4.98 Å². The molecule has 6 heteroatoms. The van der Waals surface area contributed by atoms with Crippen LogP contribution in [0.2, 0.25) is 0 Å². The summed E-state index contributed by atoms with van der Waals surface area (Å²) >= 11 is 1.73. The molecule has 4 rings (SSSR count). The molecule has 0 radical (unpaired) electrons. The molecule has 3 heterocycles. The van der Waals surface area contributed by atoms with E-state index in [0.717, 1.165) is 49.4 Å². The first-order chi connectivity index (χ1) is 13.2. The number of piperazine rings is 1. The number of aromatic nitrogens is 2. The summed E-state index contributed by atoms with van der Waals surface area (Å²) in [5.41, 5.74) is 3.50. The van der Waals surface area contributed by atoms with E-state index in [0.29, 0.717) is 0 Å². The van der Waals surface area contributed by atoms with E-state index >= 15 is 0 Å². The number of benzene rings is 1. The molecule has 1 fully saturated rings. The van der Waals surface area contributed by atoms with Gasteiger partial charge in [0, 0.05) is 49.9 Å². The Kier molecular flexibility index (Phi) is 5.36. The zero-order chi connectivity index (χ0) is 18.6. The first-order valence-electron chi connectivity index (χ1n) is 9.29. The Hall–Kier alpha value is -2.44. The number of hydrogen-bond donors (Lipinski definition) is 0. The smallest absolute Gasteiger partial charge is 0.185 e. The Morgan fingerprint density at radius 3 is 2.37 bits per heavy atom. The molecule has 1 saturated heterocycles. The van der Waals surface area contributed by atoms with Crippen molar-refractivity contribution in [2.24, 2.45) is 0 Å². The summed E-state index contributed by atoms with van der Waals surface area (Å²) in [4.78, 5) is 16.4. The van der Waals surface area contributed by atoms with Gasteiger partial charge in [-0.3, -0.25) is 0 Å². The van der Waals surface area contributed by atoms with Gasteiger partial charge in [0.15, 0.2) is 5.13 Å². The van der Waals surface area contributed by atoms with Crippen molar-refractivity contribution in [1.29, 1.82) is 0 Å². The minimum atomic E-state index is 0.925. The molecule has 0 amide bonds. The third-order valence-electron chi connectivity index (χ3n) is 4.74. The van der Waals surface area contributed by atoms with Crippen LogP contribution >= 0.6 is 11.3 Å². The van der Waals surface area contributed by atoms with Crippen molar-refractivity contribution >= 4 is 22.3 Å². The Labute approximate surface area is 164 Å². The molecule has 0 aliphatic carbocycles. The van der Waals surface area contributed by atoms with Crippen LogP contribution < -0.4 is 9.80 Å². The Bertz CT molecular complexity index is 852. The maximum Gasteiger partial charge on any atom is 0.185 e. The van der Waals surface area contributed by atoms with Gasteiger partial charge in [-0.15, -0.1) is 11.3 Å². The summed E-state index contributed by atoms with van der Waals surface area (Å²) < 4.78 is 0. The maximum atomic E-state index is 4.85. The largest absolute Gasteiger partial charge is 0.353 e. The normalized spacial score (nSPS) is 14.8. The summed E-state index contributed by atoms with van der Waals surface area (Å²) in [6.07, 6.45) is 1.99. The number of thiazole rings is 1. The van der Waals surface area contributed by atoms with E-state index < -0.39 is 0 Å². The van der Waals surface area contributed by atoms with Crippen LogP contribution in [0, 0.1) is 0 Å². The molecule has 1 aromatic carbocycles. The number of hydrogen-bond acceptors (Lipinski definition) is 6. The molecule has 140 valence electrons. The molecule has 27 heavy (non-hydrogen) atoms. The van der Waals surface area contributed by atoms with Crippen molar-refractivity contribution in [2.45, 2.75) is 6.54 Å². The minimum absolute atomic E-state index is 0.925. The summed E-state index contributed by atoms with van der Waals surface area (Å²) in [7, 11) is 4.16. The minimum Gasteiger partial charge on any atom is -0.353 e. The second-order valence-electron chi connectivity index (χ2n) is 7.12. The van der Waals surface area contributed by atoms with Gasteiger partial charge in [0.25, 0.3) is 0 Å². The van der Waals surface area contributed by atoms with Crippen molar-refractivity contribution in [1.82, 2.24) is 14.9 Å². The number of rotatable bonds is 5. The molecule has 3 aromatic rings. The van der Waals surface area contributed by atoms with Crippen LogP contribution in [0.3, 0.4) is 0 Å². The van der Waals surface area contributed by atoms with Gasteiger partial charge in [-0.2, -0.15) is 0 Å². The van der Waals surface area contributed by atoms with Gasteiger partial charge < -0.3 is 14.7 Å². The quantitative estimate of drug-likeness (QED) is 0.677. The lowest BCUT2D eigenvalue weighted by molar-refractivity contribution is 0.402. The van der Waals surface area contributed by atoms with Crippen LogP contribution in [0.1, 0.15) is 5.56 Å². The van der Waals surface area contributed by atoms with Crippen LogP contribution in [0.5, 0.6) is 0 Å². The average molecular weight is 380 g/mol. The fourth-order valence-corrected chi connectivity index (χ4v) is 4.23. The van der Waals surface area contributed by atoms with Crippen LogP contribution in [-0.4, -0.2) is 55.1 Å². The molecule has 1 aliphatic heterocycles. The predicted molar refractivity (Wildman–Crippen MR) is 114 cm³/mol. The molecule has 0 atom stereocenters. The lowest BCUT2D eigenvalue weighted by Crippen LogP contribution is -2.46. The number of nitrogens with zero attached hydrogens (tertiary/aromatic N) is 5. The molecule has 2 aromatic heterocycles. The average Bonchev–Trinajstić information content (AvgIpc) is 3.19. The monoisotopic (exact) mass is 379 g/mol. The van der Waals surface area contributed by atoms with Gasteiger partial charge in [-0.1, -0.05) is 36.4 Å². The van der Waals surface area contributed by atoms with E-state index in [-0.39, 0.29) is 0 Å². The van der Waals surface area contributed by atoms with Crippen molar-refractivity contribution in [3.8, 4) is 11.3 Å². The van der Waals surface area contributed by atoms with E-state index in [1.807, 2.05) is 12.3 Å². The predicted octanol–water partition coefficient (Wildman–Crippen LogP) is 3.59. The first kappa shape index (κ1) is 17.9. The van der Waals surface area contributed by atoms with Crippen molar-refractivity contribution in [3.63, 3.8) is 0 Å². The Morgan fingerprint density at radius 2 is 1.70 bits per heavy atom. The Balaban J connectivity index is 1.37. The summed E-state index contributed by atoms with van der Waals surface area (Å²) in [6.45, 7) is 4.82. The van der Waals surface area contributed by atoms with Crippen molar-refractivity contribution in [3.05, 3.63) is 59.6 Å². The van der Waals surface area contributed by atoms with Gasteiger partial charge in [0.1, 0.15) is 5.82 Å². The fourth-order valence-electron chi connectivity index (χ4n) is 3.34. The molecular formula is C21H25N5S. The van der Waals surface area contributed by atoms with E-state index in [2.05, 4.69) is 75.6 Å². The Morgan fingerprint density at radius 1 is 0.963 bits per heavy atom. The maximum absolute atomic E-state index is 4.85. The third-order valence-corrected chi connectivity index (χ3v) is 5.65. The van der Waals surface area contributed by atoms with Gasteiger partial charge in [-0.05, 0) is 25.7 Å². The van der Waals surface area contributed by atoms with E-state index in [1.165, 1.54) is 11.1 Å². The van der Waals surface area contributed by atoms with Crippen molar-refractivity contribution < 1.29 is 0 Å². The molecule has 0 unspecified atom stereocenters. The van der Waals surface area contributed by atoms with E-state index in [1.54, 1.807) is 11.3 Å². The molecule has 0 saturated carbocycles. The summed E-state index contributed by atoms with van der Waals surface area (Å²) in [6, 6.07) is 14.7. The second kappa shape index (κ2) is 8.06. The molecule has 0 bridgehead atoms. The summed E-state index contributed by atoms with van der Waals surface area (Å²) in [5, 5.41) is 3.27. The first-order valence-corrected chi connectivity index (χ1v) is 10.2. The van der Waals surface area contributed by atoms with E-state index in [9.17, 15) is 0 Å². The van der Waals surface area contributed by atoms with Crippen LogP contribution in [-0.2, 0) is 6.54 Å². The van der Waals surface area contributed by atoms with Gasteiger partial charge in [0.05, 0.1) is 5.69 Å². The van der Waals surface area contributed by atoms with Crippen LogP contribution in [0.15, 0.2) is 54.0 Å². The highest BCUT2D eigenvalue weighted by molar-refractivity contribution is 7.14. The second-order valence-corrected chi connectivity index (χ2v) is 7.95. The molecule has 5 nitrogen and oxygen atoms in total. The zero-order valence-electron chi connectivity index (χ0n) is 15.9. The highest BCUT2D eigenvalue weighted by Crippen LogP contribution is 2.28. The van der Waals surface area contributed by atoms with Crippen molar-refractivity contribution in [2.75, 3.05) is 50.1 Å². The van der Waals surface area contributed by atoms with Gasteiger partial charge in [-0.25, -0.2) is 9.97 Å². The lowest BCUT2D eigenvalue weighted by Gasteiger charge is -2.35. The number of pyridine rings is 1. The van der Waals surface area contributed by atoms with Gasteiger partial charge in [0.2, 0.25) is 0 Å². The topological polar surface area (TPSA) is 35.5 Å². The molecular weight excluding hydrogens is 354 g/mol. The lowest BCUT2D eigenvalue weighted by atomic mass is 10.2. The third kappa shape index (κ3) is 4.28. The van der Waals surface area contributed by atoms with Crippen LogP contribution in [0.25, 0.3) is 11.3 Å². The molecule has 1 aliphatic rings. The molecule has 0 spiro atoms. The fraction of sp³-hybridized carbons (Fsp3) is 0.333. The SMILES string of the molecule is CN(C)Cc1ccc(N2CCN(c3nc(-c4ccccc4)cs3)CC2)nc1. The number of anilines is 2. The molecule has 0 N–H and O–H groups in total. The van der Waals surface area contributed by atoms with Gasteiger partial charge >= 0.3 is 0 Å².